The zero-order valence-corrected chi connectivity index (χ0v) is 7.68. The molecule has 0 atom stereocenters. The van der Waals surface area contributed by atoms with Gasteiger partial charge in [-0.15, -0.1) is 10.2 Å². The zero-order valence-electron chi connectivity index (χ0n) is 7.68. The van der Waals surface area contributed by atoms with Gasteiger partial charge in [-0.1, -0.05) is 0 Å². The highest BCUT2D eigenvalue weighted by Crippen LogP contribution is 2.13. The highest BCUT2D eigenvalue weighted by atomic mass is 15.2. The number of aryl methyl sites for hydroxylation is 1. The number of pyridine rings is 2. The van der Waals surface area contributed by atoms with E-state index >= 15 is 0 Å². The van der Waals surface area contributed by atoms with Gasteiger partial charge in [0, 0.05) is 23.8 Å². The Balaban J connectivity index is 2.54. The van der Waals surface area contributed by atoms with Crippen molar-refractivity contribution in [3.8, 4) is 0 Å². The minimum Gasteiger partial charge on any atom is -0.286 e. The molecule has 0 aliphatic carbocycles. The molecule has 0 N–H and O–H groups in total. The Bertz CT molecular complexity index is 612. The minimum absolute atomic E-state index is 0.841. The van der Waals surface area contributed by atoms with Crippen LogP contribution in [-0.4, -0.2) is 19.6 Å². The summed E-state index contributed by atoms with van der Waals surface area (Å²) in [5.41, 5.74) is 1.79. The molecule has 0 saturated carbocycles. The molecule has 4 nitrogen and oxygen atoms in total. The molecule has 68 valence electrons. The summed E-state index contributed by atoms with van der Waals surface area (Å²) in [6, 6.07) is 5.89. The Morgan fingerprint density at radius 3 is 3.14 bits per heavy atom. The van der Waals surface area contributed by atoms with E-state index in [1.54, 1.807) is 6.20 Å². The van der Waals surface area contributed by atoms with Gasteiger partial charge < -0.3 is 0 Å². The van der Waals surface area contributed by atoms with Crippen molar-refractivity contribution in [2.45, 2.75) is 6.92 Å². The predicted molar refractivity (Wildman–Crippen MR) is 53.0 cm³/mol. The van der Waals surface area contributed by atoms with Gasteiger partial charge in [-0.05, 0) is 19.1 Å². The Morgan fingerprint density at radius 1 is 1.29 bits per heavy atom. The highest BCUT2D eigenvalue weighted by Gasteiger charge is 2.02. The molecule has 0 saturated heterocycles. The molecule has 0 aliphatic heterocycles. The lowest BCUT2D eigenvalue weighted by molar-refractivity contribution is 1.01. The number of hydrogen-bond acceptors (Lipinski definition) is 3. The Kier molecular flexibility index (Phi) is 1.33. The fraction of sp³-hybridized carbons (Fsp3) is 0.100. The number of rotatable bonds is 0. The van der Waals surface area contributed by atoms with Gasteiger partial charge >= 0.3 is 0 Å². The first-order valence-corrected chi connectivity index (χ1v) is 4.41. The first-order valence-electron chi connectivity index (χ1n) is 4.41. The van der Waals surface area contributed by atoms with Crippen molar-refractivity contribution in [2.24, 2.45) is 0 Å². The Morgan fingerprint density at radius 2 is 2.21 bits per heavy atom. The smallest absolute Gasteiger partial charge is 0.162 e. The van der Waals surface area contributed by atoms with Crippen LogP contribution in [0.1, 0.15) is 5.82 Å². The van der Waals surface area contributed by atoms with E-state index in [1.807, 2.05) is 35.7 Å². The standard InChI is InChI=1S/C10H8N4/c1-7-12-13-10-5-9-8(6-14(7)10)3-2-4-11-9/h2-6H,1H3. The predicted octanol–water partition coefficient (Wildman–Crippen LogP) is 1.59. The molecule has 0 aromatic carbocycles. The van der Waals surface area contributed by atoms with Gasteiger partial charge in [0.15, 0.2) is 5.65 Å². The molecule has 14 heavy (non-hydrogen) atoms. The zero-order chi connectivity index (χ0) is 9.54. The molecule has 0 bridgehead atoms. The third-order valence-electron chi connectivity index (χ3n) is 2.30. The van der Waals surface area contributed by atoms with Crippen molar-refractivity contribution < 1.29 is 0 Å². The van der Waals surface area contributed by atoms with Gasteiger partial charge in [-0.25, -0.2) is 0 Å². The summed E-state index contributed by atoms with van der Waals surface area (Å²) >= 11 is 0. The van der Waals surface area contributed by atoms with Gasteiger partial charge in [-0.2, -0.15) is 0 Å². The van der Waals surface area contributed by atoms with E-state index in [1.165, 1.54) is 0 Å². The lowest BCUT2D eigenvalue weighted by Gasteiger charge is -1.98. The normalized spacial score (nSPS) is 11.2. The average Bonchev–Trinajstić information content (AvgIpc) is 2.57. The molecule has 0 amide bonds. The summed E-state index contributed by atoms with van der Waals surface area (Å²) < 4.78 is 1.96. The van der Waals surface area contributed by atoms with Crippen molar-refractivity contribution in [3.63, 3.8) is 0 Å². The van der Waals surface area contributed by atoms with E-state index in [0.717, 1.165) is 22.4 Å². The topological polar surface area (TPSA) is 43.1 Å². The number of aromatic nitrogens is 4. The number of nitrogens with zero attached hydrogens (tertiary/aromatic N) is 4. The van der Waals surface area contributed by atoms with Crippen LogP contribution >= 0.6 is 0 Å². The quantitative estimate of drug-likeness (QED) is 0.532. The monoisotopic (exact) mass is 184 g/mol. The van der Waals surface area contributed by atoms with Crippen LogP contribution in [0.2, 0.25) is 0 Å². The Hall–Kier alpha value is -1.97. The highest BCUT2D eigenvalue weighted by molar-refractivity contribution is 5.80. The maximum absolute atomic E-state index is 4.26. The van der Waals surface area contributed by atoms with Crippen molar-refractivity contribution in [1.29, 1.82) is 0 Å². The first kappa shape index (κ1) is 7.44. The third-order valence-corrected chi connectivity index (χ3v) is 2.30. The molecule has 3 aromatic rings. The van der Waals surface area contributed by atoms with Crippen molar-refractivity contribution in [1.82, 2.24) is 19.6 Å². The van der Waals surface area contributed by atoms with Crippen LogP contribution in [0.25, 0.3) is 16.6 Å². The summed E-state index contributed by atoms with van der Waals surface area (Å²) in [7, 11) is 0. The number of hydrogen-bond donors (Lipinski definition) is 0. The van der Waals surface area contributed by atoms with Gasteiger partial charge in [0.05, 0.1) is 5.52 Å². The van der Waals surface area contributed by atoms with Crippen LogP contribution in [0.4, 0.5) is 0 Å². The van der Waals surface area contributed by atoms with E-state index in [9.17, 15) is 0 Å². The summed E-state index contributed by atoms with van der Waals surface area (Å²) in [6.07, 6.45) is 3.79. The molecule has 4 heteroatoms. The van der Waals surface area contributed by atoms with Crippen molar-refractivity contribution >= 4 is 16.6 Å². The second kappa shape index (κ2) is 2.51. The molecule has 0 fully saturated rings. The van der Waals surface area contributed by atoms with Gasteiger partial charge in [-0.3, -0.25) is 9.38 Å². The molecule has 0 aliphatic rings. The molecule has 0 spiro atoms. The maximum atomic E-state index is 4.26. The summed E-state index contributed by atoms with van der Waals surface area (Å²) in [5.74, 6) is 0.894. The Labute approximate surface area is 80.2 Å². The SMILES string of the molecule is Cc1nnc2cc3ncccc3cn12. The maximum Gasteiger partial charge on any atom is 0.162 e. The van der Waals surface area contributed by atoms with Crippen molar-refractivity contribution in [2.75, 3.05) is 0 Å². The van der Waals surface area contributed by atoms with E-state index in [4.69, 9.17) is 0 Å². The van der Waals surface area contributed by atoms with E-state index in [2.05, 4.69) is 15.2 Å². The first-order chi connectivity index (χ1) is 6.84. The van der Waals surface area contributed by atoms with Crippen LogP contribution in [0, 0.1) is 6.92 Å². The summed E-state index contributed by atoms with van der Waals surface area (Å²) in [5, 5.41) is 9.15. The second-order valence-corrected chi connectivity index (χ2v) is 3.23. The minimum atomic E-state index is 0.841. The molecule has 0 unspecified atom stereocenters. The summed E-state index contributed by atoms with van der Waals surface area (Å²) in [6.45, 7) is 1.93. The summed E-state index contributed by atoms with van der Waals surface area (Å²) in [4.78, 5) is 4.26. The van der Waals surface area contributed by atoms with Crippen LogP contribution in [0.15, 0.2) is 30.6 Å². The largest absolute Gasteiger partial charge is 0.286 e. The van der Waals surface area contributed by atoms with Gasteiger partial charge in [0.1, 0.15) is 5.82 Å². The van der Waals surface area contributed by atoms with Gasteiger partial charge in [0.2, 0.25) is 0 Å². The lowest BCUT2D eigenvalue weighted by atomic mass is 10.3. The molecular formula is C10H8N4. The lowest BCUT2D eigenvalue weighted by Crippen LogP contribution is -1.88. The molecule has 0 radical (unpaired) electrons. The van der Waals surface area contributed by atoms with Crippen molar-refractivity contribution in [3.05, 3.63) is 36.4 Å². The van der Waals surface area contributed by atoms with E-state index in [-0.39, 0.29) is 0 Å². The molecule has 3 heterocycles. The average molecular weight is 184 g/mol. The van der Waals surface area contributed by atoms with Crippen LogP contribution in [-0.2, 0) is 0 Å². The number of fused-ring (bicyclic) bond motifs is 2. The molecule has 3 rings (SSSR count). The van der Waals surface area contributed by atoms with Crippen LogP contribution in [0.3, 0.4) is 0 Å². The fourth-order valence-corrected chi connectivity index (χ4v) is 1.56. The van der Waals surface area contributed by atoms with Crippen LogP contribution < -0.4 is 0 Å². The van der Waals surface area contributed by atoms with E-state index in [0.29, 0.717) is 0 Å². The third kappa shape index (κ3) is 0.907. The molecule has 3 aromatic heterocycles. The second-order valence-electron chi connectivity index (χ2n) is 3.23. The van der Waals surface area contributed by atoms with Gasteiger partial charge in [0.25, 0.3) is 0 Å². The van der Waals surface area contributed by atoms with Crippen LogP contribution in [0.5, 0.6) is 0 Å². The fourth-order valence-electron chi connectivity index (χ4n) is 1.56. The van der Waals surface area contributed by atoms with E-state index < -0.39 is 0 Å². The molecular weight excluding hydrogens is 176 g/mol.